The fourth-order valence-corrected chi connectivity index (χ4v) is 2.72. The number of anilines is 1. The summed E-state index contributed by atoms with van der Waals surface area (Å²) < 4.78 is 0. The molecule has 1 saturated heterocycles. The quantitative estimate of drug-likeness (QED) is 0.859. The highest BCUT2D eigenvalue weighted by Crippen LogP contribution is 2.26. The summed E-state index contributed by atoms with van der Waals surface area (Å²) in [5, 5.41) is 1.06. The first-order valence-electron chi connectivity index (χ1n) is 6.65. The minimum atomic E-state index is 0. The second-order valence-electron chi connectivity index (χ2n) is 4.72. The fraction of sp³-hybridized carbons (Fsp3) is 0.538. The van der Waals surface area contributed by atoms with Gasteiger partial charge in [0.2, 0.25) is 5.91 Å². The number of pyridine rings is 1. The SMILES string of the molecule is Cl.Cl.NCCCC(=O)N1CCN(c2ncc(Cl)cc2Cl)CC1. The Kier molecular flexibility index (Phi) is 10.1. The molecule has 0 bridgehead atoms. The number of nitrogens with two attached hydrogens (primary N) is 1. The minimum absolute atomic E-state index is 0. The van der Waals surface area contributed by atoms with Crippen molar-refractivity contribution in [1.29, 1.82) is 0 Å². The summed E-state index contributed by atoms with van der Waals surface area (Å²) in [5.41, 5.74) is 5.42. The van der Waals surface area contributed by atoms with Gasteiger partial charge in [-0.05, 0) is 19.0 Å². The number of halogens is 4. The summed E-state index contributed by atoms with van der Waals surface area (Å²) >= 11 is 12.0. The number of aromatic nitrogens is 1. The number of rotatable bonds is 4. The average molecular weight is 390 g/mol. The highest BCUT2D eigenvalue weighted by Gasteiger charge is 2.22. The monoisotopic (exact) mass is 388 g/mol. The van der Waals surface area contributed by atoms with Gasteiger partial charge in [-0.3, -0.25) is 4.79 Å². The van der Waals surface area contributed by atoms with Gasteiger partial charge in [-0.2, -0.15) is 0 Å². The molecular weight excluding hydrogens is 370 g/mol. The molecule has 0 aromatic carbocycles. The van der Waals surface area contributed by atoms with Gasteiger partial charge in [0.25, 0.3) is 0 Å². The maximum Gasteiger partial charge on any atom is 0.222 e. The maximum absolute atomic E-state index is 11.9. The number of piperazine rings is 1. The topological polar surface area (TPSA) is 62.5 Å². The van der Waals surface area contributed by atoms with Gasteiger partial charge in [-0.1, -0.05) is 23.2 Å². The van der Waals surface area contributed by atoms with Crippen molar-refractivity contribution in [2.24, 2.45) is 5.73 Å². The molecule has 1 aliphatic rings. The number of amides is 1. The van der Waals surface area contributed by atoms with E-state index < -0.39 is 0 Å². The zero-order valence-corrected chi connectivity index (χ0v) is 15.1. The molecule has 0 saturated carbocycles. The molecule has 1 aromatic heterocycles. The van der Waals surface area contributed by atoms with Gasteiger partial charge in [-0.25, -0.2) is 4.98 Å². The van der Waals surface area contributed by atoms with Crippen LogP contribution in [-0.4, -0.2) is 48.5 Å². The third kappa shape index (κ3) is 5.63. The molecule has 126 valence electrons. The Bertz CT molecular complexity index is 481. The van der Waals surface area contributed by atoms with E-state index in [2.05, 4.69) is 9.88 Å². The first-order valence-corrected chi connectivity index (χ1v) is 7.41. The lowest BCUT2D eigenvalue weighted by molar-refractivity contribution is -0.131. The zero-order valence-electron chi connectivity index (χ0n) is 12.0. The van der Waals surface area contributed by atoms with Crippen LogP contribution in [-0.2, 0) is 4.79 Å². The molecule has 0 aliphatic carbocycles. The number of nitrogens with zero attached hydrogens (tertiary/aromatic N) is 3. The van der Waals surface area contributed by atoms with E-state index in [1.807, 2.05) is 4.90 Å². The zero-order chi connectivity index (χ0) is 14.5. The van der Waals surface area contributed by atoms with Crippen LogP contribution in [0.25, 0.3) is 0 Å². The molecule has 0 radical (unpaired) electrons. The normalized spacial score (nSPS) is 14.1. The van der Waals surface area contributed by atoms with E-state index in [-0.39, 0.29) is 30.7 Å². The summed E-state index contributed by atoms with van der Waals surface area (Å²) in [6, 6.07) is 1.68. The average Bonchev–Trinajstić information content (AvgIpc) is 2.45. The Hall–Kier alpha value is -0.460. The van der Waals surface area contributed by atoms with Crippen LogP contribution in [0.1, 0.15) is 12.8 Å². The molecule has 2 rings (SSSR count). The predicted molar refractivity (Wildman–Crippen MR) is 95.8 cm³/mol. The van der Waals surface area contributed by atoms with Crippen LogP contribution >= 0.6 is 48.0 Å². The Labute approximate surface area is 152 Å². The van der Waals surface area contributed by atoms with Crippen LogP contribution in [0.2, 0.25) is 10.0 Å². The lowest BCUT2D eigenvalue weighted by Crippen LogP contribution is -2.49. The van der Waals surface area contributed by atoms with Gasteiger partial charge in [-0.15, -0.1) is 24.8 Å². The van der Waals surface area contributed by atoms with Gasteiger partial charge in [0, 0.05) is 38.8 Å². The van der Waals surface area contributed by atoms with Crippen molar-refractivity contribution in [3.8, 4) is 0 Å². The van der Waals surface area contributed by atoms with Crippen molar-refractivity contribution in [1.82, 2.24) is 9.88 Å². The number of carbonyl (C=O) groups is 1. The van der Waals surface area contributed by atoms with Crippen molar-refractivity contribution in [3.63, 3.8) is 0 Å². The second kappa shape index (κ2) is 10.3. The molecule has 1 aromatic rings. The van der Waals surface area contributed by atoms with E-state index in [4.69, 9.17) is 28.9 Å². The lowest BCUT2D eigenvalue weighted by Gasteiger charge is -2.35. The fourth-order valence-electron chi connectivity index (χ4n) is 2.22. The van der Waals surface area contributed by atoms with Crippen molar-refractivity contribution in [2.45, 2.75) is 12.8 Å². The van der Waals surface area contributed by atoms with Crippen LogP contribution in [0, 0.1) is 0 Å². The molecule has 0 atom stereocenters. The van der Waals surface area contributed by atoms with Crippen LogP contribution in [0.4, 0.5) is 5.82 Å². The molecule has 5 nitrogen and oxygen atoms in total. The number of carbonyl (C=O) groups excluding carboxylic acids is 1. The minimum Gasteiger partial charge on any atom is -0.352 e. The van der Waals surface area contributed by atoms with E-state index >= 15 is 0 Å². The van der Waals surface area contributed by atoms with E-state index in [0.717, 1.165) is 25.3 Å². The highest BCUT2D eigenvalue weighted by molar-refractivity contribution is 6.36. The highest BCUT2D eigenvalue weighted by atomic mass is 35.5. The molecular formula is C13H20Cl4N4O. The summed E-state index contributed by atoms with van der Waals surface area (Å²) in [6.07, 6.45) is 2.85. The Morgan fingerprint density at radius 2 is 1.86 bits per heavy atom. The number of hydrogen-bond donors (Lipinski definition) is 1. The largest absolute Gasteiger partial charge is 0.352 e. The van der Waals surface area contributed by atoms with Gasteiger partial charge < -0.3 is 15.5 Å². The molecule has 0 spiro atoms. The number of hydrogen-bond acceptors (Lipinski definition) is 4. The summed E-state index contributed by atoms with van der Waals surface area (Å²) in [4.78, 5) is 20.1. The van der Waals surface area contributed by atoms with Crippen LogP contribution < -0.4 is 10.6 Å². The molecule has 1 aliphatic heterocycles. The maximum atomic E-state index is 11.9. The van der Waals surface area contributed by atoms with Crippen LogP contribution in [0.3, 0.4) is 0 Å². The smallest absolute Gasteiger partial charge is 0.222 e. The Morgan fingerprint density at radius 3 is 2.41 bits per heavy atom. The Morgan fingerprint density at radius 1 is 1.23 bits per heavy atom. The first kappa shape index (κ1) is 21.5. The molecule has 2 N–H and O–H groups in total. The second-order valence-corrected chi connectivity index (χ2v) is 5.56. The van der Waals surface area contributed by atoms with Gasteiger partial charge >= 0.3 is 0 Å². The van der Waals surface area contributed by atoms with Gasteiger partial charge in [0.1, 0.15) is 5.82 Å². The van der Waals surface area contributed by atoms with E-state index in [1.54, 1.807) is 12.3 Å². The van der Waals surface area contributed by atoms with E-state index in [0.29, 0.717) is 36.1 Å². The molecule has 0 unspecified atom stereocenters. The summed E-state index contributed by atoms with van der Waals surface area (Å²) in [7, 11) is 0. The van der Waals surface area contributed by atoms with Crippen molar-refractivity contribution < 1.29 is 4.79 Å². The van der Waals surface area contributed by atoms with E-state index in [9.17, 15) is 4.79 Å². The van der Waals surface area contributed by atoms with Crippen molar-refractivity contribution in [3.05, 3.63) is 22.3 Å². The van der Waals surface area contributed by atoms with Gasteiger partial charge in [0.15, 0.2) is 0 Å². The van der Waals surface area contributed by atoms with Crippen LogP contribution in [0.5, 0.6) is 0 Å². The van der Waals surface area contributed by atoms with Crippen molar-refractivity contribution in [2.75, 3.05) is 37.6 Å². The lowest BCUT2D eigenvalue weighted by atomic mass is 10.2. The summed E-state index contributed by atoms with van der Waals surface area (Å²) in [5.74, 6) is 0.899. The standard InChI is InChI=1S/C13H18Cl2N4O.2ClH/c14-10-8-11(15)13(17-9-10)19-6-4-18(5-7-19)12(20)2-1-3-16;;/h8-9H,1-7,16H2;2*1H. The molecule has 22 heavy (non-hydrogen) atoms. The first-order chi connectivity index (χ1) is 9.61. The third-order valence-corrected chi connectivity index (χ3v) is 3.80. The molecule has 9 heteroatoms. The Balaban J connectivity index is 0.00000220. The third-order valence-electron chi connectivity index (χ3n) is 3.32. The molecule has 1 fully saturated rings. The van der Waals surface area contributed by atoms with Crippen LogP contribution in [0.15, 0.2) is 12.3 Å². The molecule has 1 amide bonds. The van der Waals surface area contributed by atoms with Crippen molar-refractivity contribution >= 4 is 59.7 Å². The predicted octanol–water partition coefficient (Wildman–Crippen LogP) is 2.62. The molecule has 2 heterocycles. The van der Waals surface area contributed by atoms with Gasteiger partial charge in [0.05, 0.1) is 10.0 Å². The summed E-state index contributed by atoms with van der Waals surface area (Å²) in [6.45, 7) is 3.37. The van der Waals surface area contributed by atoms with E-state index in [1.165, 1.54) is 0 Å².